The van der Waals surface area contributed by atoms with Crippen molar-refractivity contribution in [2.75, 3.05) is 13.2 Å². The second-order valence-corrected chi connectivity index (χ2v) is 12.1. The van der Waals surface area contributed by atoms with Gasteiger partial charge in [0.05, 0.1) is 12.6 Å². The van der Waals surface area contributed by atoms with E-state index in [1.165, 1.54) is 73.6 Å². The molecule has 5 nitrogen and oxygen atoms in total. The number of ether oxygens (including phenoxy) is 3. The van der Waals surface area contributed by atoms with E-state index < -0.39 is 6.09 Å². The van der Waals surface area contributed by atoms with Crippen LogP contribution in [0.4, 0.5) is 4.79 Å². The summed E-state index contributed by atoms with van der Waals surface area (Å²) in [6, 6.07) is 30.2. The molecule has 220 valence electrons. The van der Waals surface area contributed by atoms with Gasteiger partial charge in [0, 0.05) is 23.1 Å². The first-order valence-electron chi connectivity index (χ1n) is 15.9. The number of alkyl carbamates (subject to hydrolysis) is 1. The van der Waals surface area contributed by atoms with E-state index in [0.29, 0.717) is 11.7 Å². The second kappa shape index (κ2) is 12.5. The van der Waals surface area contributed by atoms with Crippen molar-refractivity contribution in [2.45, 2.75) is 63.3 Å². The smallest absolute Gasteiger partial charge is 0.407 e. The maximum atomic E-state index is 13.3. The SMILES string of the molecule is O=C(NC1c2ccccc2Oc2cc(OCC3CCCCCCCC3)ccc21)OCC1c2ccccc2-c2ccccc21. The van der Waals surface area contributed by atoms with Gasteiger partial charge in [-0.25, -0.2) is 4.79 Å². The highest BCUT2D eigenvalue weighted by molar-refractivity contribution is 5.79. The third-order valence-corrected chi connectivity index (χ3v) is 9.31. The van der Waals surface area contributed by atoms with Gasteiger partial charge in [0.1, 0.15) is 23.9 Å². The average Bonchev–Trinajstić information content (AvgIpc) is 3.43. The molecule has 0 saturated heterocycles. The molecule has 1 atom stereocenters. The van der Waals surface area contributed by atoms with Crippen LogP contribution in [0.25, 0.3) is 11.1 Å². The van der Waals surface area contributed by atoms with Gasteiger partial charge >= 0.3 is 6.09 Å². The molecule has 1 N–H and O–H groups in total. The minimum atomic E-state index is -0.449. The fourth-order valence-electron chi connectivity index (χ4n) is 7.04. The number of nitrogens with one attached hydrogen (secondary N) is 1. The van der Waals surface area contributed by atoms with Crippen molar-refractivity contribution in [3.63, 3.8) is 0 Å². The summed E-state index contributed by atoms with van der Waals surface area (Å²) < 4.78 is 18.6. The molecule has 0 bridgehead atoms. The average molecular weight is 574 g/mol. The Kier molecular flexibility index (Phi) is 8.04. The zero-order chi connectivity index (χ0) is 29.0. The number of carbonyl (C=O) groups excluding carboxylic acids is 1. The Morgan fingerprint density at radius 3 is 2.00 bits per heavy atom. The zero-order valence-electron chi connectivity index (χ0n) is 24.6. The molecule has 7 rings (SSSR count). The van der Waals surface area contributed by atoms with E-state index in [4.69, 9.17) is 14.2 Å². The minimum Gasteiger partial charge on any atom is -0.493 e. The standard InChI is InChI=1S/C38H39NO4/c40-38(42-25-34-30-17-9-7-15-28(30)29-16-8-10-18-31(29)34)39-37-32-19-11-12-20-35(32)43-36-23-27(21-22-33(36)37)41-24-26-13-5-3-1-2-4-6-14-26/h7-12,15-23,26,34,37H,1-6,13-14,24-25H2,(H,39,40). The van der Waals surface area contributed by atoms with Gasteiger partial charge in [0.2, 0.25) is 0 Å². The van der Waals surface area contributed by atoms with E-state index in [2.05, 4.69) is 41.7 Å². The molecule has 1 amide bonds. The Morgan fingerprint density at radius 1 is 0.674 bits per heavy atom. The van der Waals surface area contributed by atoms with Crippen LogP contribution < -0.4 is 14.8 Å². The third kappa shape index (κ3) is 5.86. The van der Waals surface area contributed by atoms with Crippen molar-refractivity contribution in [2.24, 2.45) is 5.92 Å². The molecule has 3 aliphatic rings. The van der Waals surface area contributed by atoms with Crippen LogP contribution in [-0.4, -0.2) is 19.3 Å². The lowest BCUT2D eigenvalue weighted by Gasteiger charge is -2.29. The Balaban J connectivity index is 1.05. The lowest BCUT2D eigenvalue weighted by atomic mass is 9.94. The summed E-state index contributed by atoms with van der Waals surface area (Å²) in [5, 5.41) is 3.14. The molecule has 0 aromatic heterocycles. The maximum Gasteiger partial charge on any atom is 0.407 e. The topological polar surface area (TPSA) is 56.8 Å². The first-order chi connectivity index (χ1) is 21.2. The fraction of sp³-hybridized carbons (Fsp3) is 0.342. The van der Waals surface area contributed by atoms with E-state index in [1.807, 2.05) is 54.6 Å². The summed E-state index contributed by atoms with van der Waals surface area (Å²) in [4.78, 5) is 13.3. The monoisotopic (exact) mass is 573 g/mol. The maximum absolute atomic E-state index is 13.3. The van der Waals surface area contributed by atoms with E-state index >= 15 is 0 Å². The van der Waals surface area contributed by atoms with E-state index in [0.717, 1.165) is 29.2 Å². The van der Waals surface area contributed by atoms with Gasteiger partial charge in [0.15, 0.2) is 0 Å². The van der Waals surface area contributed by atoms with Crippen LogP contribution in [-0.2, 0) is 4.74 Å². The number of rotatable bonds is 6. The van der Waals surface area contributed by atoms with Crippen molar-refractivity contribution in [3.8, 4) is 28.4 Å². The van der Waals surface area contributed by atoms with Gasteiger partial charge in [-0.05, 0) is 59.2 Å². The number of carbonyl (C=O) groups is 1. The quantitative estimate of drug-likeness (QED) is 0.250. The van der Waals surface area contributed by atoms with Crippen molar-refractivity contribution in [1.82, 2.24) is 5.32 Å². The van der Waals surface area contributed by atoms with Crippen LogP contribution in [0.5, 0.6) is 17.2 Å². The highest BCUT2D eigenvalue weighted by Crippen LogP contribution is 2.46. The Hall–Kier alpha value is -4.25. The number of hydrogen-bond acceptors (Lipinski definition) is 4. The summed E-state index contributed by atoms with van der Waals surface area (Å²) in [7, 11) is 0. The molecular weight excluding hydrogens is 534 g/mol. The normalized spacial score (nSPS) is 18.0. The van der Waals surface area contributed by atoms with Crippen LogP contribution >= 0.6 is 0 Å². The third-order valence-electron chi connectivity index (χ3n) is 9.31. The van der Waals surface area contributed by atoms with Gasteiger partial charge in [-0.15, -0.1) is 0 Å². The van der Waals surface area contributed by atoms with Crippen LogP contribution in [0.3, 0.4) is 0 Å². The summed E-state index contributed by atoms with van der Waals surface area (Å²) in [5.74, 6) is 2.84. The predicted molar refractivity (Wildman–Crippen MR) is 169 cm³/mol. The molecular formula is C38H39NO4. The van der Waals surface area contributed by atoms with E-state index in [9.17, 15) is 4.79 Å². The number of benzene rings is 4. The van der Waals surface area contributed by atoms with Crippen LogP contribution in [0.15, 0.2) is 91.0 Å². The summed E-state index contributed by atoms with van der Waals surface area (Å²) in [6.45, 7) is 1.00. The molecule has 4 aromatic carbocycles. The minimum absolute atomic E-state index is 0.00864. The zero-order valence-corrected chi connectivity index (χ0v) is 24.6. The Bertz CT molecular complexity index is 1540. The molecule has 2 aliphatic carbocycles. The lowest BCUT2D eigenvalue weighted by Crippen LogP contribution is -2.32. The molecule has 0 spiro atoms. The molecule has 1 aliphatic heterocycles. The molecule has 5 heteroatoms. The molecule has 0 radical (unpaired) electrons. The van der Waals surface area contributed by atoms with Crippen molar-refractivity contribution < 1.29 is 19.0 Å². The molecule has 1 fully saturated rings. The highest BCUT2D eigenvalue weighted by Gasteiger charge is 2.32. The van der Waals surface area contributed by atoms with E-state index in [-0.39, 0.29) is 18.6 Å². The summed E-state index contributed by atoms with van der Waals surface area (Å²) in [6.07, 6.45) is 10.0. The van der Waals surface area contributed by atoms with E-state index in [1.54, 1.807) is 0 Å². The lowest BCUT2D eigenvalue weighted by molar-refractivity contribution is 0.140. The largest absolute Gasteiger partial charge is 0.493 e. The van der Waals surface area contributed by atoms with Crippen LogP contribution in [0.2, 0.25) is 0 Å². The molecule has 1 saturated carbocycles. The molecule has 1 heterocycles. The van der Waals surface area contributed by atoms with Crippen LogP contribution in [0, 0.1) is 5.92 Å². The Labute approximate surface area is 254 Å². The van der Waals surface area contributed by atoms with Crippen LogP contribution in [0.1, 0.15) is 85.6 Å². The van der Waals surface area contributed by atoms with Gasteiger partial charge in [-0.3, -0.25) is 0 Å². The number of para-hydroxylation sites is 1. The van der Waals surface area contributed by atoms with Gasteiger partial charge in [-0.1, -0.05) is 105 Å². The van der Waals surface area contributed by atoms with Gasteiger partial charge in [0.25, 0.3) is 0 Å². The number of fused-ring (bicyclic) bond motifs is 5. The fourth-order valence-corrected chi connectivity index (χ4v) is 7.04. The highest BCUT2D eigenvalue weighted by atomic mass is 16.5. The predicted octanol–water partition coefficient (Wildman–Crippen LogP) is 9.55. The number of hydrogen-bond donors (Lipinski definition) is 1. The second-order valence-electron chi connectivity index (χ2n) is 12.1. The van der Waals surface area contributed by atoms with Crippen molar-refractivity contribution in [3.05, 3.63) is 113 Å². The molecule has 4 aromatic rings. The van der Waals surface area contributed by atoms with Gasteiger partial charge in [-0.2, -0.15) is 0 Å². The first-order valence-corrected chi connectivity index (χ1v) is 15.9. The van der Waals surface area contributed by atoms with Crippen molar-refractivity contribution >= 4 is 6.09 Å². The first kappa shape index (κ1) is 27.6. The Morgan fingerprint density at radius 2 is 1.28 bits per heavy atom. The number of amides is 1. The van der Waals surface area contributed by atoms with Gasteiger partial charge < -0.3 is 19.5 Å². The molecule has 1 unspecified atom stereocenters. The van der Waals surface area contributed by atoms with Crippen molar-refractivity contribution in [1.29, 1.82) is 0 Å². The summed E-state index contributed by atoms with van der Waals surface area (Å²) >= 11 is 0. The summed E-state index contributed by atoms with van der Waals surface area (Å²) in [5.41, 5.74) is 6.61. The molecule has 43 heavy (non-hydrogen) atoms.